The number of alkyl halides is 2. The van der Waals surface area contributed by atoms with Crippen LogP contribution < -0.4 is 0 Å². The highest BCUT2D eigenvalue weighted by atomic mass is 19.3. The molecule has 36 heavy (non-hydrogen) atoms. The van der Waals surface area contributed by atoms with Gasteiger partial charge < -0.3 is 0 Å². The number of nitrogens with zero attached hydrogens (tertiary/aromatic N) is 1. The Hall–Kier alpha value is -3.07. The van der Waals surface area contributed by atoms with Gasteiger partial charge in [0.05, 0.1) is 5.52 Å². The third-order valence-electron chi connectivity index (χ3n) is 7.55. The van der Waals surface area contributed by atoms with Crippen LogP contribution in [-0.4, -0.2) is 10.9 Å². The fourth-order valence-electron chi connectivity index (χ4n) is 4.58. The molecule has 3 aromatic rings. The van der Waals surface area contributed by atoms with Crippen LogP contribution in [0.15, 0.2) is 78.5 Å². The van der Waals surface area contributed by atoms with E-state index in [1.165, 1.54) is 22.3 Å². The summed E-state index contributed by atoms with van der Waals surface area (Å²) in [6.45, 7) is 20.9. The van der Waals surface area contributed by atoms with Crippen molar-refractivity contribution in [2.75, 3.05) is 0 Å². The summed E-state index contributed by atoms with van der Waals surface area (Å²) < 4.78 is 28.3. The summed E-state index contributed by atoms with van der Waals surface area (Å²) in [5.74, 6) is -2.80. The lowest BCUT2D eigenvalue weighted by molar-refractivity contribution is -0.0702. The van der Waals surface area contributed by atoms with Crippen LogP contribution in [0, 0.1) is 26.2 Å². The molecule has 0 bridgehead atoms. The van der Waals surface area contributed by atoms with Crippen LogP contribution in [0.4, 0.5) is 8.78 Å². The Labute approximate surface area is 215 Å². The molecule has 1 heterocycles. The van der Waals surface area contributed by atoms with Crippen molar-refractivity contribution in [3.63, 3.8) is 0 Å². The molecule has 0 N–H and O–H groups in total. The average molecular weight is 488 g/mol. The number of aromatic nitrogens is 1. The molecule has 0 saturated heterocycles. The van der Waals surface area contributed by atoms with Crippen LogP contribution in [0.25, 0.3) is 22.0 Å². The number of allylic oxidation sites excluding steroid dienone is 4. The lowest BCUT2D eigenvalue weighted by Gasteiger charge is -2.34. The number of halogens is 2. The van der Waals surface area contributed by atoms with E-state index in [1.807, 2.05) is 19.2 Å². The molecule has 0 unspecified atom stereocenters. The molecule has 0 fully saturated rings. The lowest BCUT2D eigenvalue weighted by Crippen LogP contribution is -2.35. The first-order valence-corrected chi connectivity index (χ1v) is 12.6. The zero-order chi connectivity index (χ0) is 26.8. The third kappa shape index (κ3) is 6.00. The average Bonchev–Trinajstić information content (AvgIpc) is 2.78. The number of benzene rings is 2. The summed E-state index contributed by atoms with van der Waals surface area (Å²) in [7, 11) is 0. The van der Waals surface area contributed by atoms with Gasteiger partial charge in [-0.2, -0.15) is 0 Å². The van der Waals surface area contributed by atoms with E-state index >= 15 is 0 Å². The Morgan fingerprint density at radius 3 is 2.19 bits per heavy atom. The molecule has 190 valence electrons. The zero-order valence-corrected chi connectivity index (χ0v) is 22.9. The number of fused-ring (bicyclic) bond motifs is 1. The van der Waals surface area contributed by atoms with E-state index in [0.29, 0.717) is 18.4 Å². The number of pyridine rings is 1. The Morgan fingerprint density at radius 2 is 1.58 bits per heavy atom. The highest BCUT2D eigenvalue weighted by Gasteiger charge is 2.43. The molecule has 3 heteroatoms. The smallest absolute Gasteiger partial charge is 0.254 e. The molecular weight excluding hydrogens is 448 g/mol. The van der Waals surface area contributed by atoms with Gasteiger partial charge >= 0.3 is 0 Å². The zero-order valence-electron chi connectivity index (χ0n) is 22.9. The molecule has 1 nitrogen and oxygen atoms in total. The Morgan fingerprint density at radius 1 is 0.917 bits per heavy atom. The van der Waals surface area contributed by atoms with Gasteiger partial charge in [0, 0.05) is 29.5 Å². The summed E-state index contributed by atoms with van der Waals surface area (Å²) in [5.41, 5.74) is 9.48. The molecule has 0 saturated carbocycles. The van der Waals surface area contributed by atoms with E-state index in [-0.39, 0.29) is 0 Å². The second kappa shape index (κ2) is 10.5. The van der Waals surface area contributed by atoms with E-state index < -0.39 is 11.3 Å². The first-order chi connectivity index (χ1) is 16.7. The Balaban J connectivity index is 1.74. The molecule has 0 aliphatic rings. The van der Waals surface area contributed by atoms with Crippen molar-refractivity contribution in [1.82, 2.24) is 4.98 Å². The van der Waals surface area contributed by atoms with Gasteiger partial charge in [-0.15, -0.1) is 0 Å². The van der Waals surface area contributed by atoms with Gasteiger partial charge in [0.15, 0.2) is 0 Å². The fourth-order valence-corrected chi connectivity index (χ4v) is 4.58. The first kappa shape index (κ1) is 27.5. The number of hydrogen-bond acceptors (Lipinski definition) is 1. The third-order valence-corrected chi connectivity index (χ3v) is 7.55. The van der Waals surface area contributed by atoms with Gasteiger partial charge in [0.25, 0.3) is 5.92 Å². The van der Waals surface area contributed by atoms with Crippen LogP contribution >= 0.6 is 0 Å². The van der Waals surface area contributed by atoms with Crippen LogP contribution in [0.5, 0.6) is 0 Å². The first-order valence-electron chi connectivity index (χ1n) is 12.6. The van der Waals surface area contributed by atoms with E-state index in [9.17, 15) is 8.78 Å². The normalized spacial score (nSPS) is 12.8. The SMILES string of the molecule is C=C(/C=C(\CC)C(C)(C)C(C)(F)F)CC(=C)Cc1ccc(-c2cnc3cc(C)c(C)cc3c2)cc1C. The van der Waals surface area contributed by atoms with Crippen molar-refractivity contribution in [3.8, 4) is 11.1 Å². The number of aryl methyl sites for hydroxylation is 3. The lowest BCUT2D eigenvalue weighted by atomic mass is 9.76. The molecule has 0 aliphatic carbocycles. The van der Waals surface area contributed by atoms with E-state index in [2.05, 4.69) is 75.3 Å². The Bertz CT molecular complexity index is 1340. The van der Waals surface area contributed by atoms with Gasteiger partial charge in [-0.1, -0.05) is 74.9 Å². The van der Waals surface area contributed by atoms with Gasteiger partial charge in [0.1, 0.15) is 0 Å². The highest BCUT2D eigenvalue weighted by molar-refractivity contribution is 5.85. The quantitative estimate of drug-likeness (QED) is 0.216. The molecule has 1 aromatic heterocycles. The van der Waals surface area contributed by atoms with Crippen molar-refractivity contribution in [3.05, 3.63) is 101 Å². The second-order valence-electron chi connectivity index (χ2n) is 10.8. The minimum Gasteiger partial charge on any atom is -0.256 e. The number of rotatable bonds is 9. The standard InChI is InChI=1S/C33H39F2N/c1-10-30(32(7,8)33(9,34)35)15-22(3)13-21(2)14-26-11-12-27(17-25(26)6)29-19-28-16-23(4)24(5)18-31(28)36-20-29/h11-12,15-20H,2-3,10,13-14H2,1,4-9H3/b30-15+. The number of hydrogen-bond donors (Lipinski definition) is 0. The fraction of sp³-hybridized carbons (Fsp3) is 0.364. The van der Waals surface area contributed by atoms with Crippen molar-refractivity contribution >= 4 is 10.9 Å². The maximum atomic E-state index is 14.2. The van der Waals surface area contributed by atoms with Gasteiger partial charge in [0.2, 0.25) is 0 Å². The Kier molecular flexibility index (Phi) is 8.03. The van der Waals surface area contributed by atoms with Crippen molar-refractivity contribution in [2.45, 2.75) is 73.7 Å². The van der Waals surface area contributed by atoms with Crippen molar-refractivity contribution in [1.29, 1.82) is 0 Å². The highest BCUT2D eigenvalue weighted by Crippen LogP contribution is 2.43. The summed E-state index contributed by atoms with van der Waals surface area (Å²) in [5, 5.41) is 1.15. The second-order valence-corrected chi connectivity index (χ2v) is 10.8. The maximum Gasteiger partial charge on any atom is 0.254 e. The predicted molar refractivity (Wildman–Crippen MR) is 151 cm³/mol. The summed E-state index contributed by atoms with van der Waals surface area (Å²) >= 11 is 0. The molecule has 0 amide bonds. The van der Waals surface area contributed by atoms with Gasteiger partial charge in [-0.05, 0) is 86.1 Å². The van der Waals surface area contributed by atoms with Crippen molar-refractivity contribution < 1.29 is 8.78 Å². The van der Waals surface area contributed by atoms with E-state index in [1.54, 1.807) is 13.8 Å². The van der Waals surface area contributed by atoms with Crippen LogP contribution in [0.2, 0.25) is 0 Å². The molecule has 2 aromatic carbocycles. The summed E-state index contributed by atoms with van der Waals surface area (Å²) in [6.07, 6.45) is 5.65. The van der Waals surface area contributed by atoms with Crippen LogP contribution in [-0.2, 0) is 6.42 Å². The minimum atomic E-state index is -2.80. The molecule has 3 rings (SSSR count). The molecule has 0 aliphatic heterocycles. The van der Waals surface area contributed by atoms with Crippen LogP contribution in [0.3, 0.4) is 0 Å². The minimum absolute atomic E-state index is 0.561. The molecular formula is C33H39F2N. The van der Waals surface area contributed by atoms with Gasteiger partial charge in [-0.3, -0.25) is 4.98 Å². The largest absolute Gasteiger partial charge is 0.256 e. The molecule has 0 radical (unpaired) electrons. The van der Waals surface area contributed by atoms with E-state index in [0.717, 1.165) is 46.5 Å². The molecule has 0 atom stereocenters. The molecule has 0 spiro atoms. The van der Waals surface area contributed by atoms with E-state index in [4.69, 9.17) is 0 Å². The monoisotopic (exact) mass is 487 g/mol. The predicted octanol–water partition coefficient (Wildman–Crippen LogP) is 9.89. The maximum absolute atomic E-state index is 14.2. The summed E-state index contributed by atoms with van der Waals surface area (Å²) in [4.78, 5) is 4.68. The van der Waals surface area contributed by atoms with Crippen LogP contribution in [0.1, 0.15) is 62.8 Å². The topological polar surface area (TPSA) is 12.9 Å². The van der Waals surface area contributed by atoms with Gasteiger partial charge in [-0.25, -0.2) is 8.78 Å². The van der Waals surface area contributed by atoms with Crippen molar-refractivity contribution in [2.24, 2.45) is 5.41 Å². The summed E-state index contributed by atoms with van der Waals surface area (Å²) in [6, 6.07) is 13.0.